The minimum atomic E-state index is 0.372. The van der Waals surface area contributed by atoms with Crippen LogP contribution in [0.3, 0.4) is 0 Å². The smallest absolute Gasteiger partial charge is 0.137 e. The molecule has 0 spiro atoms. The van der Waals surface area contributed by atoms with Gasteiger partial charge in [-0.25, -0.2) is 4.98 Å². The zero-order chi connectivity index (χ0) is 11.4. The minimum Gasteiger partial charge on any atom is -0.306 e. The number of rotatable bonds is 5. The van der Waals surface area contributed by atoms with Crippen LogP contribution < -0.4 is 5.32 Å². The van der Waals surface area contributed by atoms with E-state index in [1.54, 1.807) is 24.0 Å². The largest absolute Gasteiger partial charge is 0.306 e. The molecule has 0 saturated heterocycles. The van der Waals surface area contributed by atoms with Crippen molar-refractivity contribution >= 4 is 11.3 Å². The van der Waals surface area contributed by atoms with Gasteiger partial charge in [0.15, 0.2) is 0 Å². The fourth-order valence-corrected chi connectivity index (χ4v) is 2.46. The standard InChI is InChI=1S/C11H16N4S/c1-9(5-15-8-12-7-13-15)14-10(2)11-3-4-16-6-11/h3-4,6-10,14H,5H2,1-2H3. The van der Waals surface area contributed by atoms with E-state index in [1.165, 1.54) is 5.56 Å². The van der Waals surface area contributed by atoms with E-state index in [0.717, 1.165) is 6.54 Å². The van der Waals surface area contributed by atoms with Crippen LogP contribution >= 0.6 is 11.3 Å². The summed E-state index contributed by atoms with van der Waals surface area (Å²) in [6.45, 7) is 5.18. The molecule has 2 unspecified atom stereocenters. The summed E-state index contributed by atoms with van der Waals surface area (Å²) in [6.07, 6.45) is 3.31. The summed E-state index contributed by atoms with van der Waals surface area (Å²) in [5.74, 6) is 0. The molecule has 2 aromatic rings. The second kappa shape index (κ2) is 5.23. The van der Waals surface area contributed by atoms with Crippen LogP contribution in [0.2, 0.25) is 0 Å². The highest BCUT2D eigenvalue weighted by molar-refractivity contribution is 7.07. The molecule has 0 aromatic carbocycles. The highest BCUT2D eigenvalue weighted by Crippen LogP contribution is 2.16. The maximum absolute atomic E-state index is 4.09. The number of thiophene rings is 1. The summed E-state index contributed by atoms with van der Waals surface area (Å²) in [6, 6.07) is 2.91. The first-order chi connectivity index (χ1) is 7.75. The number of hydrogen-bond acceptors (Lipinski definition) is 4. The molecule has 4 nitrogen and oxygen atoms in total. The first-order valence-electron chi connectivity index (χ1n) is 5.36. The molecule has 1 N–H and O–H groups in total. The number of nitrogens with one attached hydrogen (secondary N) is 1. The van der Waals surface area contributed by atoms with Gasteiger partial charge < -0.3 is 5.32 Å². The van der Waals surface area contributed by atoms with E-state index >= 15 is 0 Å². The second-order valence-corrected chi connectivity index (χ2v) is 4.74. The van der Waals surface area contributed by atoms with Crippen LogP contribution in [0.25, 0.3) is 0 Å². The topological polar surface area (TPSA) is 42.7 Å². The molecular weight excluding hydrogens is 220 g/mol. The van der Waals surface area contributed by atoms with Gasteiger partial charge in [-0.1, -0.05) is 0 Å². The SMILES string of the molecule is CC(Cn1cncn1)NC(C)c1ccsc1. The molecule has 0 amide bonds. The molecule has 2 rings (SSSR count). The quantitative estimate of drug-likeness (QED) is 0.864. The van der Waals surface area contributed by atoms with Crippen molar-refractivity contribution < 1.29 is 0 Å². The number of hydrogen-bond donors (Lipinski definition) is 1. The molecule has 0 fully saturated rings. The van der Waals surface area contributed by atoms with Gasteiger partial charge in [-0.3, -0.25) is 4.68 Å². The molecule has 86 valence electrons. The zero-order valence-electron chi connectivity index (χ0n) is 9.50. The van der Waals surface area contributed by atoms with Gasteiger partial charge in [0.25, 0.3) is 0 Å². The molecule has 0 aliphatic heterocycles. The maximum Gasteiger partial charge on any atom is 0.137 e. The molecule has 0 aliphatic carbocycles. The van der Waals surface area contributed by atoms with E-state index in [2.05, 4.69) is 46.1 Å². The molecule has 2 heterocycles. The van der Waals surface area contributed by atoms with E-state index in [-0.39, 0.29) is 0 Å². The van der Waals surface area contributed by atoms with Crippen molar-refractivity contribution in [2.24, 2.45) is 0 Å². The zero-order valence-corrected chi connectivity index (χ0v) is 10.3. The first-order valence-corrected chi connectivity index (χ1v) is 6.30. The van der Waals surface area contributed by atoms with E-state index < -0.39 is 0 Å². The maximum atomic E-state index is 4.09. The van der Waals surface area contributed by atoms with Crippen molar-refractivity contribution in [3.05, 3.63) is 35.0 Å². The monoisotopic (exact) mass is 236 g/mol. The summed E-state index contributed by atoms with van der Waals surface area (Å²) < 4.78 is 1.85. The molecule has 2 aromatic heterocycles. The molecule has 5 heteroatoms. The highest BCUT2D eigenvalue weighted by Gasteiger charge is 2.10. The summed E-state index contributed by atoms with van der Waals surface area (Å²) >= 11 is 1.73. The lowest BCUT2D eigenvalue weighted by molar-refractivity contribution is 0.413. The number of aromatic nitrogens is 3. The Balaban J connectivity index is 1.85. The van der Waals surface area contributed by atoms with E-state index in [4.69, 9.17) is 0 Å². The van der Waals surface area contributed by atoms with Crippen molar-refractivity contribution in [3.63, 3.8) is 0 Å². The summed E-state index contributed by atoms with van der Waals surface area (Å²) in [4.78, 5) is 3.93. The predicted octanol–water partition coefficient (Wildman–Crippen LogP) is 2.08. The molecule has 2 atom stereocenters. The molecule has 16 heavy (non-hydrogen) atoms. The van der Waals surface area contributed by atoms with Gasteiger partial charge in [0.05, 0.1) is 6.54 Å². The van der Waals surface area contributed by atoms with Crippen LogP contribution in [-0.2, 0) is 6.54 Å². The van der Waals surface area contributed by atoms with Crippen LogP contribution in [0.15, 0.2) is 29.5 Å². The fraction of sp³-hybridized carbons (Fsp3) is 0.455. The Morgan fingerprint density at radius 2 is 2.38 bits per heavy atom. The van der Waals surface area contributed by atoms with Crippen LogP contribution in [0.1, 0.15) is 25.5 Å². The van der Waals surface area contributed by atoms with Gasteiger partial charge in [-0.2, -0.15) is 16.4 Å². The van der Waals surface area contributed by atoms with Gasteiger partial charge in [-0.05, 0) is 36.2 Å². The van der Waals surface area contributed by atoms with Crippen LogP contribution in [0, 0.1) is 0 Å². The van der Waals surface area contributed by atoms with Gasteiger partial charge >= 0.3 is 0 Å². The third-order valence-corrected chi connectivity index (χ3v) is 3.21. The van der Waals surface area contributed by atoms with Crippen molar-refractivity contribution in [1.82, 2.24) is 20.1 Å². The highest BCUT2D eigenvalue weighted by atomic mass is 32.1. The second-order valence-electron chi connectivity index (χ2n) is 3.96. The normalized spacial score (nSPS) is 14.9. The van der Waals surface area contributed by atoms with Gasteiger partial charge in [0, 0.05) is 12.1 Å². The third-order valence-electron chi connectivity index (χ3n) is 2.51. The Morgan fingerprint density at radius 3 is 3.00 bits per heavy atom. The lowest BCUT2D eigenvalue weighted by Crippen LogP contribution is -2.32. The van der Waals surface area contributed by atoms with Crippen LogP contribution in [0.5, 0.6) is 0 Å². The molecule has 0 radical (unpaired) electrons. The van der Waals surface area contributed by atoms with Gasteiger partial charge in [0.2, 0.25) is 0 Å². The van der Waals surface area contributed by atoms with E-state index in [9.17, 15) is 0 Å². The Morgan fingerprint density at radius 1 is 1.50 bits per heavy atom. The average molecular weight is 236 g/mol. The van der Waals surface area contributed by atoms with Crippen molar-refractivity contribution in [1.29, 1.82) is 0 Å². The summed E-state index contributed by atoms with van der Waals surface area (Å²) in [5.41, 5.74) is 1.34. The molecule has 0 saturated carbocycles. The lowest BCUT2D eigenvalue weighted by atomic mass is 10.1. The molecule has 0 aliphatic rings. The Labute approximate surface area is 99.3 Å². The lowest BCUT2D eigenvalue weighted by Gasteiger charge is -2.19. The van der Waals surface area contributed by atoms with Crippen molar-refractivity contribution in [3.8, 4) is 0 Å². The Bertz CT molecular complexity index is 396. The Hall–Kier alpha value is -1.20. The van der Waals surface area contributed by atoms with E-state index in [0.29, 0.717) is 12.1 Å². The molecular formula is C11H16N4S. The van der Waals surface area contributed by atoms with Gasteiger partial charge in [0.1, 0.15) is 12.7 Å². The summed E-state index contributed by atoms with van der Waals surface area (Å²) in [5, 5.41) is 11.9. The first kappa shape index (κ1) is 11.3. The van der Waals surface area contributed by atoms with Crippen LogP contribution in [-0.4, -0.2) is 20.8 Å². The number of nitrogens with zero attached hydrogens (tertiary/aromatic N) is 3. The minimum absolute atomic E-state index is 0.372. The molecule has 0 bridgehead atoms. The van der Waals surface area contributed by atoms with Crippen molar-refractivity contribution in [2.75, 3.05) is 0 Å². The van der Waals surface area contributed by atoms with E-state index in [1.807, 2.05) is 4.68 Å². The predicted molar refractivity (Wildman–Crippen MR) is 65.4 cm³/mol. The fourth-order valence-electron chi connectivity index (χ4n) is 1.70. The van der Waals surface area contributed by atoms with Crippen molar-refractivity contribution in [2.45, 2.75) is 32.5 Å². The van der Waals surface area contributed by atoms with Gasteiger partial charge in [-0.15, -0.1) is 0 Å². The summed E-state index contributed by atoms with van der Waals surface area (Å²) in [7, 11) is 0. The third kappa shape index (κ3) is 2.90. The van der Waals surface area contributed by atoms with Crippen LogP contribution in [0.4, 0.5) is 0 Å². The average Bonchev–Trinajstić information content (AvgIpc) is 2.88. The Kier molecular flexibility index (Phi) is 3.69.